The molecule has 0 bridgehead atoms. The van der Waals surface area contributed by atoms with Crippen LogP contribution in [0.1, 0.15) is 322 Å². The molecule has 11 nitrogen and oxygen atoms in total. The van der Waals surface area contributed by atoms with Gasteiger partial charge in [0, 0.05) is 0 Å². The molecule has 466 valence electrons. The topological polar surface area (TPSA) is 189 Å². The second kappa shape index (κ2) is 56.8. The number of carbonyl (C=O) groups excluding carboxylic acids is 1. The van der Waals surface area contributed by atoms with Gasteiger partial charge in [-0.1, -0.05) is 281 Å². The van der Waals surface area contributed by atoms with E-state index in [9.17, 15) is 40.5 Å². The van der Waals surface area contributed by atoms with E-state index < -0.39 is 74.2 Å². The lowest BCUT2D eigenvalue weighted by atomic mass is 9.98. The highest BCUT2D eigenvalue weighted by Crippen LogP contribution is 2.24. The fourth-order valence-electron chi connectivity index (χ4n) is 10.9. The van der Waals surface area contributed by atoms with Crippen LogP contribution in [0, 0.1) is 0 Å². The SMILES string of the molecule is CCCCCCCCCCCCC/C=C\CCCCCCCCC(O)C(=O)NC(COC1OC(CO)C(O)C(O)C1O)C(O)C(O)CCC/C=C/CC/C=C/CCCCCCCCCCCCCCCCCCCCCCCC. The van der Waals surface area contributed by atoms with Crippen LogP contribution in [-0.4, -0.2) is 110 Å². The van der Waals surface area contributed by atoms with Crippen molar-refractivity contribution in [2.45, 2.75) is 377 Å². The smallest absolute Gasteiger partial charge is 0.249 e. The summed E-state index contributed by atoms with van der Waals surface area (Å²) < 4.78 is 11.2. The molecule has 11 heteroatoms. The van der Waals surface area contributed by atoms with E-state index in [0.717, 1.165) is 57.8 Å². The Morgan fingerprint density at radius 3 is 1.13 bits per heavy atom. The Morgan fingerprint density at radius 2 is 0.759 bits per heavy atom. The van der Waals surface area contributed by atoms with Gasteiger partial charge >= 0.3 is 0 Å². The zero-order valence-electron chi connectivity index (χ0n) is 51.4. The lowest BCUT2D eigenvalue weighted by Crippen LogP contribution is -2.60. The summed E-state index contributed by atoms with van der Waals surface area (Å²) in [5.74, 6) is -0.711. The number of unbranched alkanes of at least 4 members (excludes halogenated alkanes) is 41. The van der Waals surface area contributed by atoms with Crippen LogP contribution in [0.3, 0.4) is 0 Å². The van der Waals surface area contributed by atoms with Gasteiger partial charge in [0.15, 0.2) is 6.29 Å². The summed E-state index contributed by atoms with van der Waals surface area (Å²) in [6.07, 6.45) is 60.9. The van der Waals surface area contributed by atoms with Crippen molar-refractivity contribution in [3.63, 3.8) is 0 Å². The predicted octanol–water partition coefficient (Wildman–Crippen LogP) is 15.8. The Kier molecular flexibility index (Phi) is 54.2. The zero-order valence-corrected chi connectivity index (χ0v) is 51.4. The highest BCUT2D eigenvalue weighted by atomic mass is 16.7. The minimum atomic E-state index is -1.67. The highest BCUT2D eigenvalue weighted by Gasteiger charge is 2.44. The Hall–Kier alpha value is -1.67. The third-order valence-electron chi connectivity index (χ3n) is 16.4. The number of allylic oxidation sites excluding steroid dienone is 6. The van der Waals surface area contributed by atoms with Crippen LogP contribution >= 0.6 is 0 Å². The number of rotatable bonds is 59. The first-order valence-electron chi connectivity index (χ1n) is 33.9. The second-order valence-electron chi connectivity index (χ2n) is 23.9. The first-order chi connectivity index (χ1) is 38.7. The maximum Gasteiger partial charge on any atom is 0.249 e. The van der Waals surface area contributed by atoms with Crippen molar-refractivity contribution in [3.05, 3.63) is 36.5 Å². The van der Waals surface area contributed by atoms with Gasteiger partial charge in [0.1, 0.15) is 36.6 Å². The van der Waals surface area contributed by atoms with E-state index in [1.807, 2.05) is 0 Å². The van der Waals surface area contributed by atoms with Crippen molar-refractivity contribution in [1.29, 1.82) is 0 Å². The fourth-order valence-corrected chi connectivity index (χ4v) is 10.9. The molecule has 0 saturated carbocycles. The number of ether oxygens (including phenoxy) is 2. The Morgan fingerprint density at radius 1 is 0.430 bits per heavy atom. The molecular weight excluding hydrogens is 991 g/mol. The Bertz CT molecular complexity index is 1380. The molecule has 9 atom stereocenters. The third-order valence-corrected chi connectivity index (χ3v) is 16.4. The van der Waals surface area contributed by atoms with E-state index in [-0.39, 0.29) is 12.8 Å². The molecular formula is C68H129NO10. The number of carbonyl (C=O) groups is 1. The molecule has 1 aliphatic rings. The van der Waals surface area contributed by atoms with Gasteiger partial charge in [-0.2, -0.15) is 0 Å². The van der Waals surface area contributed by atoms with Crippen LogP contribution in [0.2, 0.25) is 0 Å². The molecule has 8 N–H and O–H groups in total. The lowest BCUT2D eigenvalue weighted by molar-refractivity contribution is -0.303. The largest absolute Gasteiger partial charge is 0.394 e. The molecule has 9 unspecified atom stereocenters. The minimum absolute atomic E-state index is 0.244. The van der Waals surface area contributed by atoms with Crippen molar-refractivity contribution in [3.8, 4) is 0 Å². The number of nitrogens with one attached hydrogen (secondary N) is 1. The number of amides is 1. The average molecular weight is 1120 g/mol. The van der Waals surface area contributed by atoms with Gasteiger partial charge in [-0.15, -0.1) is 0 Å². The molecule has 1 saturated heterocycles. The standard InChI is InChI=1S/C68H129NO10/c1-3-5-7-9-11-13-15-17-19-21-23-25-26-27-28-29-30-31-32-33-34-36-37-39-41-43-45-47-49-51-53-55-60(71)63(73)59(58-78-68-66(76)65(75)64(74)62(57-70)79-68)69-67(77)61(72)56-54-52-50-48-46-44-42-40-38-35-24-22-20-18-16-14-12-10-8-6-4-2/h38-41,47,49,59-66,68,70-76H,3-37,42-46,48,50-58H2,1-2H3,(H,69,77)/b40-38-,41-39+,49-47+. The minimum Gasteiger partial charge on any atom is -0.394 e. The predicted molar refractivity (Wildman–Crippen MR) is 330 cm³/mol. The number of aliphatic hydroxyl groups excluding tert-OH is 7. The van der Waals surface area contributed by atoms with E-state index in [2.05, 4.69) is 55.6 Å². The van der Waals surface area contributed by atoms with Crippen molar-refractivity contribution in [1.82, 2.24) is 5.32 Å². The summed E-state index contributed by atoms with van der Waals surface area (Å²) in [6, 6.07) is -1.20. The molecule has 1 amide bonds. The van der Waals surface area contributed by atoms with Gasteiger partial charge in [0.2, 0.25) is 5.91 Å². The molecule has 1 heterocycles. The number of hydrogen-bond acceptors (Lipinski definition) is 10. The first kappa shape index (κ1) is 75.3. The number of aliphatic hydroxyl groups is 7. The van der Waals surface area contributed by atoms with Crippen LogP contribution in [-0.2, 0) is 14.3 Å². The molecule has 0 aromatic carbocycles. The molecule has 1 aliphatic heterocycles. The molecule has 0 radical (unpaired) electrons. The van der Waals surface area contributed by atoms with Gasteiger partial charge in [-0.3, -0.25) is 4.79 Å². The maximum absolute atomic E-state index is 13.2. The second-order valence-corrected chi connectivity index (χ2v) is 23.9. The molecule has 0 aromatic rings. The van der Waals surface area contributed by atoms with Crippen molar-refractivity contribution >= 4 is 5.91 Å². The van der Waals surface area contributed by atoms with Gasteiger partial charge in [0.05, 0.1) is 25.4 Å². The summed E-state index contributed by atoms with van der Waals surface area (Å²) in [4.78, 5) is 13.2. The monoisotopic (exact) mass is 1120 g/mol. The van der Waals surface area contributed by atoms with Crippen LogP contribution in [0.25, 0.3) is 0 Å². The summed E-state index contributed by atoms with van der Waals surface area (Å²) in [7, 11) is 0. The van der Waals surface area contributed by atoms with E-state index in [4.69, 9.17) is 9.47 Å². The van der Waals surface area contributed by atoms with E-state index in [0.29, 0.717) is 19.3 Å². The number of hydrogen-bond donors (Lipinski definition) is 8. The Balaban J connectivity index is 2.25. The first-order valence-corrected chi connectivity index (χ1v) is 33.9. The molecule has 79 heavy (non-hydrogen) atoms. The fraction of sp³-hybridized carbons (Fsp3) is 0.897. The van der Waals surface area contributed by atoms with Crippen molar-refractivity contribution in [2.24, 2.45) is 0 Å². The van der Waals surface area contributed by atoms with E-state index in [1.165, 1.54) is 218 Å². The normalized spacial score (nSPS) is 19.5. The van der Waals surface area contributed by atoms with Gasteiger partial charge < -0.3 is 50.5 Å². The maximum atomic E-state index is 13.2. The molecule has 1 fully saturated rings. The molecule has 0 spiro atoms. The quantitative estimate of drug-likeness (QED) is 0.0215. The van der Waals surface area contributed by atoms with Gasteiger partial charge in [-0.25, -0.2) is 0 Å². The van der Waals surface area contributed by atoms with E-state index in [1.54, 1.807) is 0 Å². The third kappa shape index (κ3) is 44.5. The summed E-state index contributed by atoms with van der Waals surface area (Å²) in [5, 5.41) is 76.4. The van der Waals surface area contributed by atoms with Gasteiger partial charge in [-0.05, 0) is 77.0 Å². The Labute approximate surface area is 486 Å². The van der Waals surface area contributed by atoms with Crippen LogP contribution in [0.4, 0.5) is 0 Å². The highest BCUT2D eigenvalue weighted by molar-refractivity contribution is 5.80. The van der Waals surface area contributed by atoms with Gasteiger partial charge in [0.25, 0.3) is 0 Å². The summed E-state index contributed by atoms with van der Waals surface area (Å²) >= 11 is 0. The molecule has 1 rings (SSSR count). The summed E-state index contributed by atoms with van der Waals surface area (Å²) in [6.45, 7) is 3.48. The average Bonchev–Trinajstić information content (AvgIpc) is 3.46. The summed E-state index contributed by atoms with van der Waals surface area (Å²) in [5.41, 5.74) is 0. The van der Waals surface area contributed by atoms with Crippen LogP contribution in [0.5, 0.6) is 0 Å². The van der Waals surface area contributed by atoms with Crippen molar-refractivity contribution in [2.75, 3.05) is 13.2 Å². The zero-order chi connectivity index (χ0) is 57.5. The van der Waals surface area contributed by atoms with Crippen LogP contribution in [0.15, 0.2) is 36.5 Å². The lowest BCUT2D eigenvalue weighted by Gasteiger charge is -2.40. The van der Waals surface area contributed by atoms with Crippen LogP contribution < -0.4 is 5.32 Å². The molecule has 0 aliphatic carbocycles. The van der Waals surface area contributed by atoms with E-state index >= 15 is 0 Å². The van der Waals surface area contributed by atoms with Crippen molar-refractivity contribution < 1.29 is 50.0 Å². The molecule has 0 aromatic heterocycles.